The van der Waals surface area contributed by atoms with Crippen LogP contribution in [0.15, 0.2) is 29.3 Å². The number of sulfonamides is 1. The van der Waals surface area contributed by atoms with E-state index in [-0.39, 0.29) is 19.0 Å². The summed E-state index contributed by atoms with van der Waals surface area (Å²) in [6.07, 6.45) is 0.639. The minimum atomic E-state index is -5.27. The van der Waals surface area contributed by atoms with Gasteiger partial charge in [0.05, 0.1) is 0 Å². The van der Waals surface area contributed by atoms with Crippen LogP contribution >= 0.6 is 0 Å². The highest BCUT2D eigenvalue weighted by molar-refractivity contribution is 7.90. The zero-order valence-corrected chi connectivity index (χ0v) is 16.7. The van der Waals surface area contributed by atoms with Gasteiger partial charge < -0.3 is 16.4 Å². The van der Waals surface area contributed by atoms with Crippen LogP contribution in [0.4, 0.5) is 13.2 Å². The average Bonchev–Trinajstić information content (AvgIpc) is 2.67. The molecule has 1 aromatic carbocycles. The van der Waals surface area contributed by atoms with E-state index < -0.39 is 21.4 Å². The molecule has 1 saturated heterocycles. The Bertz CT molecular complexity index is 850. The van der Waals surface area contributed by atoms with Gasteiger partial charge >= 0.3 is 15.5 Å². The predicted molar refractivity (Wildman–Crippen MR) is 102 cm³/mol. The van der Waals surface area contributed by atoms with Gasteiger partial charge in [-0.15, -0.1) is 0 Å². The molecule has 1 aromatic rings. The number of hydrogen-bond donors (Lipinski definition) is 3. The topological polar surface area (TPSA) is 117 Å². The van der Waals surface area contributed by atoms with Crippen molar-refractivity contribution in [3.8, 4) is 0 Å². The summed E-state index contributed by atoms with van der Waals surface area (Å²) in [5.74, 6) is -0.0144. The number of piperidine rings is 1. The lowest BCUT2D eigenvalue weighted by Crippen LogP contribution is -2.47. The van der Waals surface area contributed by atoms with Crippen molar-refractivity contribution < 1.29 is 26.4 Å². The fourth-order valence-electron chi connectivity index (χ4n) is 2.98. The van der Waals surface area contributed by atoms with Gasteiger partial charge in [-0.25, -0.2) is 8.42 Å². The Morgan fingerprint density at radius 3 is 2.48 bits per heavy atom. The van der Waals surface area contributed by atoms with Crippen LogP contribution in [-0.2, 0) is 16.6 Å². The molecule has 1 aliphatic rings. The Balaban J connectivity index is 1.81. The number of rotatable bonds is 6. The number of nitrogens with one attached hydrogen (secondary N) is 2. The van der Waals surface area contributed by atoms with Crippen molar-refractivity contribution in [2.75, 3.05) is 26.7 Å². The molecule has 162 valence electrons. The van der Waals surface area contributed by atoms with Gasteiger partial charge in [-0.05, 0) is 36.5 Å². The fraction of sp³-hybridized carbons (Fsp3) is 0.529. The molecule has 12 heteroatoms. The fourth-order valence-corrected chi connectivity index (χ4v) is 3.97. The first-order valence-corrected chi connectivity index (χ1v) is 10.4. The molecule has 0 unspecified atom stereocenters. The Labute approximate surface area is 167 Å². The maximum absolute atomic E-state index is 12.6. The summed E-state index contributed by atoms with van der Waals surface area (Å²) in [7, 11) is -3.69. The zero-order chi connectivity index (χ0) is 21.7. The van der Waals surface area contributed by atoms with Crippen LogP contribution < -0.4 is 16.4 Å². The number of benzene rings is 1. The second-order valence-electron chi connectivity index (χ2n) is 6.66. The average molecular weight is 435 g/mol. The third kappa shape index (κ3) is 6.07. The molecule has 8 nitrogen and oxygen atoms in total. The van der Waals surface area contributed by atoms with E-state index in [9.17, 15) is 26.4 Å². The van der Waals surface area contributed by atoms with E-state index in [1.807, 2.05) is 6.07 Å². The third-order valence-electron chi connectivity index (χ3n) is 4.66. The second-order valence-corrected chi connectivity index (χ2v) is 8.59. The lowest BCUT2D eigenvalue weighted by molar-refractivity contribution is -0.0496. The number of amides is 1. The highest BCUT2D eigenvalue weighted by Crippen LogP contribution is 2.30. The molecule has 0 bridgehead atoms. The molecule has 0 radical (unpaired) electrons. The minimum Gasteiger partial charge on any atom is -0.366 e. The highest BCUT2D eigenvalue weighted by atomic mass is 32.2. The van der Waals surface area contributed by atoms with E-state index in [0.29, 0.717) is 41.8 Å². The normalized spacial score (nSPS) is 17.2. The summed E-state index contributed by atoms with van der Waals surface area (Å²) < 4.78 is 61.2. The largest absolute Gasteiger partial charge is 0.511 e. The molecule has 0 aromatic heterocycles. The Morgan fingerprint density at radius 1 is 1.28 bits per heavy atom. The third-order valence-corrected chi connectivity index (χ3v) is 6.29. The molecule has 29 heavy (non-hydrogen) atoms. The van der Waals surface area contributed by atoms with E-state index in [1.54, 1.807) is 25.2 Å². The van der Waals surface area contributed by atoms with Crippen LogP contribution in [0.1, 0.15) is 28.8 Å². The predicted octanol–water partition coefficient (Wildman–Crippen LogP) is 1.01. The second kappa shape index (κ2) is 9.44. The first-order valence-electron chi connectivity index (χ1n) is 8.94. The van der Waals surface area contributed by atoms with Crippen molar-refractivity contribution in [2.45, 2.75) is 24.9 Å². The van der Waals surface area contributed by atoms with Crippen LogP contribution in [0.3, 0.4) is 0 Å². The zero-order valence-electron chi connectivity index (χ0n) is 15.9. The number of primary amides is 1. The maximum atomic E-state index is 12.6. The van der Waals surface area contributed by atoms with E-state index in [0.717, 1.165) is 5.56 Å². The minimum absolute atomic E-state index is 0.0198. The van der Waals surface area contributed by atoms with Crippen LogP contribution in [0, 0.1) is 5.92 Å². The SMILES string of the molecule is CN=C(NCc1cccc(C(N)=O)c1)NCC1CCN(S(=O)(=O)C(F)(F)F)CC1. The van der Waals surface area contributed by atoms with Gasteiger partial charge in [-0.3, -0.25) is 9.79 Å². The molecule has 1 heterocycles. The molecular weight excluding hydrogens is 411 g/mol. The molecule has 0 atom stereocenters. The number of carbonyl (C=O) groups excluding carboxylic acids is 1. The molecule has 4 N–H and O–H groups in total. The summed E-state index contributed by atoms with van der Waals surface area (Å²) in [5.41, 5.74) is 1.21. The Hall–Kier alpha value is -2.34. The van der Waals surface area contributed by atoms with Crippen LogP contribution in [0.25, 0.3) is 0 Å². The van der Waals surface area contributed by atoms with E-state index >= 15 is 0 Å². The van der Waals surface area contributed by atoms with Crippen molar-refractivity contribution in [3.63, 3.8) is 0 Å². The van der Waals surface area contributed by atoms with Crippen molar-refractivity contribution in [3.05, 3.63) is 35.4 Å². The first-order chi connectivity index (χ1) is 13.5. The van der Waals surface area contributed by atoms with Gasteiger partial charge in [0.25, 0.3) is 0 Å². The van der Waals surface area contributed by atoms with Crippen LogP contribution in [-0.4, -0.2) is 56.8 Å². The summed E-state index contributed by atoms with van der Waals surface area (Å²) in [6, 6.07) is 6.82. The molecule has 1 aliphatic heterocycles. The first kappa shape index (κ1) is 22.9. The Kier molecular flexibility index (Phi) is 7.47. The van der Waals surface area contributed by atoms with Crippen molar-refractivity contribution in [2.24, 2.45) is 16.6 Å². The lowest BCUT2D eigenvalue weighted by atomic mass is 9.98. The number of nitrogens with two attached hydrogens (primary N) is 1. The van der Waals surface area contributed by atoms with Gasteiger partial charge in [0.15, 0.2) is 5.96 Å². The van der Waals surface area contributed by atoms with Gasteiger partial charge in [-0.2, -0.15) is 17.5 Å². The van der Waals surface area contributed by atoms with Gasteiger partial charge in [-0.1, -0.05) is 12.1 Å². The van der Waals surface area contributed by atoms with E-state index in [1.165, 1.54) is 0 Å². The Morgan fingerprint density at radius 2 is 1.93 bits per heavy atom. The number of halogens is 3. The molecular formula is C17H24F3N5O3S. The summed E-state index contributed by atoms with van der Waals surface area (Å²) >= 11 is 0. The van der Waals surface area contributed by atoms with E-state index in [2.05, 4.69) is 15.6 Å². The maximum Gasteiger partial charge on any atom is 0.511 e. The van der Waals surface area contributed by atoms with Crippen LogP contribution in [0.2, 0.25) is 0 Å². The van der Waals surface area contributed by atoms with E-state index in [4.69, 9.17) is 5.73 Å². The molecule has 0 spiro atoms. The smallest absolute Gasteiger partial charge is 0.366 e. The number of hydrogen-bond acceptors (Lipinski definition) is 4. The number of nitrogens with zero attached hydrogens (tertiary/aromatic N) is 2. The molecule has 1 amide bonds. The quantitative estimate of drug-likeness (QED) is 0.456. The van der Waals surface area contributed by atoms with Crippen molar-refractivity contribution in [1.29, 1.82) is 0 Å². The lowest BCUT2D eigenvalue weighted by Gasteiger charge is -2.31. The number of guanidine groups is 1. The standard InChI is InChI=1S/C17H24F3N5O3S/c1-22-16(24-11-13-3-2-4-14(9-13)15(21)26)23-10-12-5-7-25(8-6-12)29(27,28)17(18,19)20/h2-4,9,12H,5-8,10-11H2,1H3,(H2,21,26)(H2,22,23,24). The van der Waals surface area contributed by atoms with Crippen molar-refractivity contribution in [1.82, 2.24) is 14.9 Å². The number of aliphatic imine (C=N–C) groups is 1. The summed E-state index contributed by atoms with van der Waals surface area (Å²) in [5, 5.41) is 6.16. The summed E-state index contributed by atoms with van der Waals surface area (Å²) in [6.45, 7) is 0.504. The van der Waals surface area contributed by atoms with Crippen LogP contribution in [0.5, 0.6) is 0 Å². The van der Waals surface area contributed by atoms with Gasteiger partial charge in [0, 0.05) is 38.8 Å². The summed E-state index contributed by atoms with van der Waals surface area (Å²) in [4.78, 5) is 15.3. The molecule has 2 rings (SSSR count). The highest BCUT2D eigenvalue weighted by Gasteiger charge is 2.50. The van der Waals surface area contributed by atoms with Gasteiger partial charge in [0.2, 0.25) is 5.91 Å². The molecule has 0 saturated carbocycles. The molecule has 0 aliphatic carbocycles. The monoisotopic (exact) mass is 435 g/mol. The van der Waals surface area contributed by atoms with Crippen molar-refractivity contribution >= 4 is 21.9 Å². The molecule has 1 fully saturated rings. The number of carbonyl (C=O) groups is 1. The van der Waals surface area contributed by atoms with Gasteiger partial charge in [0.1, 0.15) is 0 Å². The number of alkyl halides is 3.